The number of carbonyl (C=O) groups excluding carboxylic acids is 2. The highest BCUT2D eigenvalue weighted by Crippen LogP contribution is 2.34. The topological polar surface area (TPSA) is 67.2 Å². The number of aromatic nitrogens is 2. The highest BCUT2D eigenvalue weighted by Gasteiger charge is 2.26. The highest BCUT2D eigenvalue weighted by molar-refractivity contribution is 8.00. The molecule has 0 radical (unpaired) electrons. The maximum atomic E-state index is 12.2. The van der Waals surface area contributed by atoms with Gasteiger partial charge in [-0.15, -0.1) is 11.8 Å². The quantitative estimate of drug-likeness (QED) is 0.938. The number of anilines is 2. The van der Waals surface area contributed by atoms with Crippen molar-refractivity contribution in [3.8, 4) is 0 Å². The first-order valence-corrected chi connectivity index (χ1v) is 7.86. The fourth-order valence-corrected chi connectivity index (χ4v) is 3.32. The van der Waals surface area contributed by atoms with Gasteiger partial charge in [0.05, 0.1) is 17.1 Å². The Hall–Kier alpha value is -2.28. The molecule has 6 nitrogen and oxygen atoms in total. The minimum absolute atomic E-state index is 0.000629. The van der Waals surface area contributed by atoms with Crippen molar-refractivity contribution < 1.29 is 9.59 Å². The first kappa shape index (κ1) is 14.6. The van der Waals surface area contributed by atoms with Crippen molar-refractivity contribution in [3.63, 3.8) is 0 Å². The molecule has 0 aliphatic carbocycles. The van der Waals surface area contributed by atoms with Gasteiger partial charge in [-0.1, -0.05) is 12.1 Å². The van der Waals surface area contributed by atoms with Gasteiger partial charge in [0.1, 0.15) is 12.4 Å². The molecule has 2 amide bonds. The van der Waals surface area contributed by atoms with Crippen molar-refractivity contribution >= 4 is 35.1 Å². The maximum Gasteiger partial charge on any atom is 0.245 e. The summed E-state index contributed by atoms with van der Waals surface area (Å²) in [5.41, 5.74) is 1.62. The van der Waals surface area contributed by atoms with E-state index in [1.165, 1.54) is 16.7 Å². The molecule has 114 valence electrons. The number of hydrogen-bond donors (Lipinski definition) is 1. The molecule has 2 aromatic rings. The van der Waals surface area contributed by atoms with Crippen LogP contribution in [0.1, 0.15) is 5.69 Å². The van der Waals surface area contributed by atoms with E-state index in [1.807, 2.05) is 31.2 Å². The summed E-state index contributed by atoms with van der Waals surface area (Å²) in [6.07, 6.45) is 0. The van der Waals surface area contributed by atoms with E-state index in [-0.39, 0.29) is 18.4 Å². The fraction of sp³-hybridized carbons (Fsp3) is 0.267. The molecule has 0 fully saturated rings. The van der Waals surface area contributed by atoms with Crippen LogP contribution >= 0.6 is 11.8 Å². The van der Waals surface area contributed by atoms with E-state index in [0.717, 1.165) is 16.3 Å². The van der Waals surface area contributed by atoms with Crippen LogP contribution in [0.15, 0.2) is 35.2 Å². The lowest BCUT2D eigenvalue weighted by Crippen LogP contribution is -2.41. The summed E-state index contributed by atoms with van der Waals surface area (Å²) in [5, 5.41) is 6.97. The molecule has 0 saturated heterocycles. The zero-order chi connectivity index (χ0) is 15.7. The number of fused-ring (bicyclic) bond motifs is 1. The zero-order valence-corrected chi connectivity index (χ0v) is 13.2. The van der Waals surface area contributed by atoms with Gasteiger partial charge in [0.25, 0.3) is 0 Å². The first-order chi connectivity index (χ1) is 10.5. The Bertz CT molecular complexity index is 741. The van der Waals surface area contributed by atoms with E-state index >= 15 is 0 Å². The second-order valence-corrected chi connectivity index (χ2v) is 6.10. The molecular weight excluding hydrogens is 300 g/mol. The Balaban J connectivity index is 1.76. The van der Waals surface area contributed by atoms with E-state index in [4.69, 9.17) is 0 Å². The normalized spacial score (nSPS) is 13.9. The molecule has 0 saturated carbocycles. The number of aryl methyl sites for hydroxylation is 2. The van der Waals surface area contributed by atoms with Crippen LogP contribution in [-0.2, 0) is 16.6 Å². The summed E-state index contributed by atoms with van der Waals surface area (Å²) in [7, 11) is 1.76. The number of thioether (sulfide) groups is 1. The lowest BCUT2D eigenvalue weighted by atomic mass is 10.2. The van der Waals surface area contributed by atoms with Gasteiger partial charge in [-0.3, -0.25) is 14.3 Å². The summed E-state index contributed by atoms with van der Waals surface area (Å²) in [4.78, 5) is 26.9. The van der Waals surface area contributed by atoms with Gasteiger partial charge in [0.2, 0.25) is 11.8 Å². The third kappa shape index (κ3) is 2.85. The molecular formula is C15H16N4O2S. The highest BCUT2D eigenvalue weighted by atomic mass is 32.2. The van der Waals surface area contributed by atoms with Gasteiger partial charge in [-0.05, 0) is 19.1 Å². The molecule has 0 atom stereocenters. The summed E-state index contributed by atoms with van der Waals surface area (Å²) in [6, 6.07) is 9.41. The van der Waals surface area contributed by atoms with E-state index < -0.39 is 0 Å². The van der Waals surface area contributed by atoms with E-state index in [9.17, 15) is 9.59 Å². The van der Waals surface area contributed by atoms with Gasteiger partial charge in [0.15, 0.2) is 0 Å². The molecule has 1 aromatic carbocycles. The predicted molar refractivity (Wildman–Crippen MR) is 86.1 cm³/mol. The molecule has 1 N–H and O–H groups in total. The third-order valence-electron chi connectivity index (χ3n) is 3.38. The Morgan fingerprint density at radius 1 is 1.41 bits per heavy atom. The molecule has 1 aliphatic heterocycles. The number of amides is 2. The fourth-order valence-electron chi connectivity index (χ4n) is 2.38. The van der Waals surface area contributed by atoms with Crippen LogP contribution in [0.4, 0.5) is 11.5 Å². The van der Waals surface area contributed by atoms with Crippen molar-refractivity contribution in [1.29, 1.82) is 0 Å². The first-order valence-electron chi connectivity index (χ1n) is 6.87. The molecule has 7 heteroatoms. The molecule has 0 bridgehead atoms. The lowest BCUT2D eigenvalue weighted by Gasteiger charge is -2.28. The minimum Gasteiger partial charge on any atom is -0.309 e. The monoisotopic (exact) mass is 316 g/mol. The van der Waals surface area contributed by atoms with Gasteiger partial charge < -0.3 is 10.2 Å². The lowest BCUT2D eigenvalue weighted by molar-refractivity contribution is -0.120. The van der Waals surface area contributed by atoms with Crippen LogP contribution in [0.5, 0.6) is 0 Å². The zero-order valence-electron chi connectivity index (χ0n) is 12.4. The number of nitrogens with zero attached hydrogens (tertiary/aromatic N) is 3. The number of benzene rings is 1. The average Bonchev–Trinajstić information content (AvgIpc) is 2.80. The molecule has 1 aliphatic rings. The van der Waals surface area contributed by atoms with Crippen LogP contribution in [0.2, 0.25) is 0 Å². The third-order valence-corrected chi connectivity index (χ3v) is 4.43. The van der Waals surface area contributed by atoms with Gasteiger partial charge in [0, 0.05) is 18.0 Å². The van der Waals surface area contributed by atoms with Crippen LogP contribution in [-0.4, -0.2) is 33.9 Å². The average molecular weight is 316 g/mol. The van der Waals surface area contributed by atoms with Crippen LogP contribution in [0.25, 0.3) is 0 Å². The molecule has 1 aromatic heterocycles. The molecule has 0 spiro atoms. The van der Waals surface area contributed by atoms with Gasteiger partial charge >= 0.3 is 0 Å². The van der Waals surface area contributed by atoms with Crippen molar-refractivity contribution in [2.75, 3.05) is 22.5 Å². The second-order valence-electron chi connectivity index (χ2n) is 5.08. The van der Waals surface area contributed by atoms with Gasteiger partial charge in [-0.2, -0.15) is 5.10 Å². The van der Waals surface area contributed by atoms with Crippen molar-refractivity contribution in [3.05, 3.63) is 36.0 Å². The molecule has 22 heavy (non-hydrogen) atoms. The Labute approximate surface area is 132 Å². The Morgan fingerprint density at radius 3 is 2.91 bits per heavy atom. The summed E-state index contributed by atoms with van der Waals surface area (Å²) < 4.78 is 1.61. The summed E-state index contributed by atoms with van der Waals surface area (Å²) >= 11 is 1.50. The number of rotatable bonds is 3. The van der Waals surface area contributed by atoms with Crippen molar-refractivity contribution in [2.24, 2.45) is 7.05 Å². The Kier molecular flexibility index (Phi) is 3.89. The van der Waals surface area contributed by atoms with E-state index in [0.29, 0.717) is 11.6 Å². The van der Waals surface area contributed by atoms with E-state index in [1.54, 1.807) is 17.8 Å². The molecule has 2 heterocycles. The largest absolute Gasteiger partial charge is 0.309 e. The van der Waals surface area contributed by atoms with Crippen molar-refractivity contribution in [2.45, 2.75) is 11.8 Å². The standard InChI is InChI=1S/C15H16N4O2S/c1-10-7-13(18(2)17-10)16-14(20)8-19-11-5-3-4-6-12(11)22-9-15(19)21/h3-7H,8-9H2,1-2H3,(H,16,20). The SMILES string of the molecule is Cc1cc(NC(=O)CN2C(=O)CSc3ccccc32)n(C)n1. The van der Waals surface area contributed by atoms with Crippen LogP contribution < -0.4 is 10.2 Å². The van der Waals surface area contributed by atoms with Crippen LogP contribution in [0.3, 0.4) is 0 Å². The summed E-state index contributed by atoms with van der Waals surface area (Å²) in [6.45, 7) is 1.86. The maximum absolute atomic E-state index is 12.2. The number of carbonyl (C=O) groups is 2. The molecule has 3 rings (SSSR count). The minimum atomic E-state index is -0.238. The van der Waals surface area contributed by atoms with Crippen molar-refractivity contribution in [1.82, 2.24) is 9.78 Å². The van der Waals surface area contributed by atoms with Gasteiger partial charge in [-0.25, -0.2) is 0 Å². The smallest absolute Gasteiger partial charge is 0.245 e. The number of hydrogen-bond acceptors (Lipinski definition) is 4. The molecule has 0 unspecified atom stereocenters. The number of para-hydroxylation sites is 1. The van der Waals surface area contributed by atoms with Crippen LogP contribution in [0, 0.1) is 6.92 Å². The summed E-state index contributed by atoms with van der Waals surface area (Å²) in [5.74, 6) is 0.683. The predicted octanol–water partition coefficient (Wildman–Crippen LogP) is 1.81. The number of nitrogens with one attached hydrogen (secondary N) is 1. The second kappa shape index (κ2) is 5.84. The Morgan fingerprint density at radius 2 is 2.18 bits per heavy atom. The van der Waals surface area contributed by atoms with E-state index in [2.05, 4.69) is 10.4 Å².